The van der Waals surface area contributed by atoms with Crippen LogP contribution >= 0.6 is 0 Å². The summed E-state index contributed by atoms with van der Waals surface area (Å²) in [6, 6.07) is 0. The molecule has 0 N–H and O–H groups in total. The standard InChI is InChI=1S/C11H22OS/c1-5-7-8-11(6-2)9-10-13(3,4)12/h6-8,13H,5,9-10H2,1-4H3/b8-7-,11-6+. The quantitative estimate of drug-likeness (QED) is 0.535. The molecule has 0 amide bonds. The summed E-state index contributed by atoms with van der Waals surface area (Å²) in [5.41, 5.74) is 1.30. The SMILES string of the molecule is C/C=C(\C=C/CC)CC[SH](C)(C)=O. The number of rotatable bonds is 5. The summed E-state index contributed by atoms with van der Waals surface area (Å²) in [7, 11) is -1.84. The zero-order chi connectivity index (χ0) is 10.3. The Labute approximate surface area is 83.4 Å². The minimum Gasteiger partial charge on any atom is -0.285 e. The van der Waals surface area contributed by atoms with Crippen molar-refractivity contribution in [1.29, 1.82) is 0 Å². The van der Waals surface area contributed by atoms with Crippen LogP contribution in [0.25, 0.3) is 0 Å². The van der Waals surface area contributed by atoms with Crippen LogP contribution in [-0.2, 0) is 9.93 Å². The van der Waals surface area contributed by atoms with E-state index in [1.54, 1.807) is 0 Å². The van der Waals surface area contributed by atoms with Crippen LogP contribution in [0.3, 0.4) is 0 Å². The Morgan fingerprint density at radius 1 is 1.38 bits per heavy atom. The van der Waals surface area contributed by atoms with Gasteiger partial charge in [0.25, 0.3) is 0 Å². The van der Waals surface area contributed by atoms with E-state index in [1.807, 2.05) is 19.4 Å². The van der Waals surface area contributed by atoms with Crippen LogP contribution in [-0.4, -0.2) is 22.5 Å². The van der Waals surface area contributed by atoms with Crippen LogP contribution < -0.4 is 0 Å². The van der Waals surface area contributed by atoms with Crippen molar-refractivity contribution in [3.8, 4) is 0 Å². The van der Waals surface area contributed by atoms with E-state index in [0.717, 1.165) is 18.6 Å². The number of hydrogen-bond acceptors (Lipinski definition) is 1. The minimum atomic E-state index is -1.84. The molecule has 0 atom stereocenters. The summed E-state index contributed by atoms with van der Waals surface area (Å²) < 4.78 is 11.5. The van der Waals surface area contributed by atoms with Gasteiger partial charge in [0.2, 0.25) is 0 Å². The normalized spacial score (nSPS) is 15.2. The summed E-state index contributed by atoms with van der Waals surface area (Å²) in [5.74, 6) is 0.820. The first kappa shape index (κ1) is 12.6. The summed E-state index contributed by atoms with van der Waals surface area (Å²) in [4.78, 5) is 0. The van der Waals surface area contributed by atoms with Gasteiger partial charge in [-0.15, -0.1) is 9.93 Å². The van der Waals surface area contributed by atoms with Gasteiger partial charge in [0, 0.05) is 5.75 Å². The summed E-state index contributed by atoms with van der Waals surface area (Å²) in [6.45, 7) is 4.15. The largest absolute Gasteiger partial charge is 0.285 e. The molecule has 0 heterocycles. The van der Waals surface area contributed by atoms with Crippen LogP contribution in [0.15, 0.2) is 23.8 Å². The molecular formula is C11H22OS. The molecule has 2 heteroatoms. The average molecular weight is 202 g/mol. The minimum absolute atomic E-state index is 0.820. The maximum atomic E-state index is 11.5. The Bertz CT molecular complexity index is 232. The Hall–Kier alpha value is -0.370. The van der Waals surface area contributed by atoms with E-state index in [9.17, 15) is 4.21 Å². The fourth-order valence-electron chi connectivity index (χ4n) is 0.991. The molecule has 0 aromatic rings. The van der Waals surface area contributed by atoms with E-state index in [1.165, 1.54) is 5.57 Å². The van der Waals surface area contributed by atoms with Crippen LogP contribution in [0.1, 0.15) is 26.7 Å². The molecule has 0 aliphatic carbocycles. The molecule has 0 fully saturated rings. The van der Waals surface area contributed by atoms with Crippen molar-refractivity contribution in [3.63, 3.8) is 0 Å². The van der Waals surface area contributed by atoms with Gasteiger partial charge in [-0.1, -0.05) is 30.7 Å². The fourth-order valence-corrected chi connectivity index (χ4v) is 1.79. The third-order valence-electron chi connectivity index (χ3n) is 1.88. The Kier molecular flexibility index (Phi) is 5.97. The van der Waals surface area contributed by atoms with E-state index >= 15 is 0 Å². The van der Waals surface area contributed by atoms with Crippen molar-refractivity contribution in [2.75, 3.05) is 18.3 Å². The van der Waals surface area contributed by atoms with Gasteiger partial charge in [-0.3, -0.25) is 4.21 Å². The van der Waals surface area contributed by atoms with Gasteiger partial charge in [0.15, 0.2) is 0 Å². The van der Waals surface area contributed by atoms with Gasteiger partial charge in [-0.25, -0.2) is 0 Å². The van der Waals surface area contributed by atoms with E-state index in [4.69, 9.17) is 0 Å². The van der Waals surface area contributed by atoms with Crippen LogP contribution in [0.2, 0.25) is 0 Å². The molecule has 0 spiro atoms. The van der Waals surface area contributed by atoms with Crippen LogP contribution in [0.4, 0.5) is 0 Å². The first-order chi connectivity index (χ1) is 5.99. The number of allylic oxidation sites excluding steroid dienone is 4. The van der Waals surface area contributed by atoms with E-state index in [-0.39, 0.29) is 0 Å². The maximum absolute atomic E-state index is 11.5. The second-order valence-corrected chi connectivity index (χ2v) is 7.32. The first-order valence-electron chi connectivity index (χ1n) is 4.85. The summed E-state index contributed by atoms with van der Waals surface area (Å²) in [6.07, 6.45) is 12.1. The molecule has 0 aromatic carbocycles. The van der Waals surface area contributed by atoms with Gasteiger partial charge in [-0.2, -0.15) is 0 Å². The second-order valence-electron chi connectivity index (χ2n) is 3.72. The van der Waals surface area contributed by atoms with Crippen LogP contribution in [0, 0.1) is 0 Å². The van der Waals surface area contributed by atoms with Gasteiger partial charge < -0.3 is 0 Å². The number of hydrogen-bond donors (Lipinski definition) is 1. The molecule has 0 saturated heterocycles. The van der Waals surface area contributed by atoms with Crippen molar-refractivity contribution in [3.05, 3.63) is 23.8 Å². The topological polar surface area (TPSA) is 17.1 Å². The van der Waals surface area contributed by atoms with Crippen molar-refractivity contribution in [1.82, 2.24) is 0 Å². The lowest BCUT2D eigenvalue weighted by molar-refractivity contribution is 0.677. The summed E-state index contributed by atoms with van der Waals surface area (Å²) in [5, 5.41) is 0. The molecule has 0 radical (unpaired) electrons. The van der Waals surface area contributed by atoms with Crippen molar-refractivity contribution < 1.29 is 4.21 Å². The average Bonchev–Trinajstić information content (AvgIpc) is 2.03. The van der Waals surface area contributed by atoms with Crippen LogP contribution in [0.5, 0.6) is 0 Å². The van der Waals surface area contributed by atoms with E-state index < -0.39 is 9.93 Å². The molecule has 0 rings (SSSR count). The van der Waals surface area contributed by atoms with Gasteiger partial charge in [0.1, 0.15) is 0 Å². The lowest BCUT2D eigenvalue weighted by Crippen LogP contribution is -2.11. The molecular weight excluding hydrogens is 180 g/mol. The third kappa shape index (κ3) is 7.97. The van der Waals surface area contributed by atoms with Crippen molar-refractivity contribution in [2.24, 2.45) is 0 Å². The molecule has 78 valence electrons. The zero-order valence-corrected chi connectivity index (χ0v) is 10.1. The monoisotopic (exact) mass is 202 g/mol. The Morgan fingerprint density at radius 3 is 2.38 bits per heavy atom. The highest BCUT2D eigenvalue weighted by atomic mass is 32.2. The highest BCUT2D eigenvalue weighted by Crippen LogP contribution is 2.08. The lowest BCUT2D eigenvalue weighted by atomic mass is 10.2. The highest BCUT2D eigenvalue weighted by molar-refractivity contribution is 8.01. The lowest BCUT2D eigenvalue weighted by Gasteiger charge is -2.11. The molecule has 1 nitrogen and oxygen atoms in total. The third-order valence-corrected chi connectivity index (χ3v) is 3.18. The molecule has 0 aliphatic rings. The van der Waals surface area contributed by atoms with Gasteiger partial charge >= 0.3 is 0 Å². The molecule has 0 saturated carbocycles. The predicted octanol–water partition coefficient (Wildman–Crippen LogP) is 2.57. The smallest absolute Gasteiger partial charge is 0.00481 e. The Morgan fingerprint density at radius 2 is 2.00 bits per heavy atom. The van der Waals surface area contributed by atoms with Crippen molar-refractivity contribution >= 4 is 9.93 Å². The maximum Gasteiger partial charge on any atom is 0.00481 e. The highest BCUT2D eigenvalue weighted by Gasteiger charge is 2.00. The molecule has 0 unspecified atom stereocenters. The van der Waals surface area contributed by atoms with E-state index in [0.29, 0.717) is 0 Å². The molecule has 0 bridgehead atoms. The van der Waals surface area contributed by atoms with E-state index in [2.05, 4.69) is 25.2 Å². The summed E-state index contributed by atoms with van der Waals surface area (Å²) >= 11 is 0. The van der Waals surface area contributed by atoms with Gasteiger partial charge in [-0.05, 0) is 32.3 Å². The van der Waals surface area contributed by atoms with Crippen molar-refractivity contribution in [2.45, 2.75) is 26.7 Å². The fraction of sp³-hybridized carbons (Fsp3) is 0.636. The van der Waals surface area contributed by atoms with Gasteiger partial charge in [0.05, 0.1) is 0 Å². The first-order valence-corrected chi connectivity index (χ1v) is 7.64. The number of thiol groups is 1. The molecule has 0 aliphatic heterocycles. The second kappa shape index (κ2) is 6.14. The zero-order valence-electron chi connectivity index (χ0n) is 9.21. The predicted molar refractivity (Wildman–Crippen MR) is 64.1 cm³/mol. The molecule has 0 aromatic heterocycles. The molecule has 13 heavy (non-hydrogen) atoms. The Balaban J connectivity index is 4.02.